The minimum atomic E-state index is 0.574. The maximum absolute atomic E-state index is 5.98. The standard InChI is InChI=1S/C22H29N3O3/c1-4-27-21-13-18(11-12-20(21)26-3)25-22(23-2)24-14-17-7-5-6-8-19(17)28-15-16-9-10-16/h5-8,11-13,16H,4,9-10,14-15H2,1-3H3,(H2,23,24,25). The first-order chi connectivity index (χ1) is 13.7. The van der Waals surface area contributed by atoms with E-state index in [0.717, 1.165) is 29.5 Å². The maximum atomic E-state index is 5.98. The average Bonchev–Trinajstić information content (AvgIpc) is 3.55. The minimum absolute atomic E-state index is 0.574. The van der Waals surface area contributed by atoms with E-state index in [1.54, 1.807) is 14.2 Å². The molecule has 0 spiro atoms. The number of para-hydroxylation sites is 1. The lowest BCUT2D eigenvalue weighted by Gasteiger charge is -2.16. The molecule has 1 fully saturated rings. The van der Waals surface area contributed by atoms with Crippen LogP contribution in [-0.4, -0.2) is 33.3 Å². The molecule has 3 rings (SSSR count). The van der Waals surface area contributed by atoms with Crippen molar-refractivity contribution in [2.75, 3.05) is 32.7 Å². The first kappa shape index (κ1) is 19.9. The molecule has 0 aliphatic heterocycles. The van der Waals surface area contributed by atoms with Gasteiger partial charge in [0.2, 0.25) is 0 Å². The second-order valence-electron chi connectivity index (χ2n) is 6.71. The highest BCUT2D eigenvalue weighted by Gasteiger charge is 2.22. The van der Waals surface area contributed by atoms with Crippen molar-refractivity contribution in [3.05, 3.63) is 48.0 Å². The number of anilines is 1. The Balaban J connectivity index is 1.61. The summed E-state index contributed by atoms with van der Waals surface area (Å²) in [6, 6.07) is 13.8. The van der Waals surface area contributed by atoms with Gasteiger partial charge in [0.1, 0.15) is 5.75 Å². The fourth-order valence-corrected chi connectivity index (χ4v) is 2.80. The number of nitrogens with one attached hydrogen (secondary N) is 2. The first-order valence-electron chi connectivity index (χ1n) is 9.72. The Labute approximate surface area is 166 Å². The molecule has 6 nitrogen and oxygen atoms in total. The molecule has 1 aliphatic rings. The molecule has 2 aromatic carbocycles. The molecule has 1 aliphatic carbocycles. The van der Waals surface area contributed by atoms with Crippen molar-refractivity contribution in [1.82, 2.24) is 5.32 Å². The van der Waals surface area contributed by atoms with Gasteiger partial charge in [0.05, 0.1) is 20.3 Å². The van der Waals surface area contributed by atoms with Crippen LogP contribution >= 0.6 is 0 Å². The lowest BCUT2D eigenvalue weighted by Crippen LogP contribution is -2.30. The number of hydrogen-bond acceptors (Lipinski definition) is 4. The molecule has 0 saturated heterocycles. The number of methoxy groups -OCH3 is 1. The van der Waals surface area contributed by atoms with Gasteiger partial charge in [0.25, 0.3) is 0 Å². The van der Waals surface area contributed by atoms with Crippen LogP contribution < -0.4 is 24.8 Å². The Morgan fingerprint density at radius 3 is 2.61 bits per heavy atom. The van der Waals surface area contributed by atoms with Crippen LogP contribution in [0.1, 0.15) is 25.3 Å². The lowest BCUT2D eigenvalue weighted by molar-refractivity contribution is 0.296. The zero-order chi connectivity index (χ0) is 19.8. The van der Waals surface area contributed by atoms with E-state index in [0.29, 0.717) is 30.6 Å². The molecular formula is C22H29N3O3. The van der Waals surface area contributed by atoms with Crippen LogP contribution in [0.25, 0.3) is 0 Å². The van der Waals surface area contributed by atoms with Gasteiger partial charge in [-0.25, -0.2) is 0 Å². The highest BCUT2D eigenvalue weighted by atomic mass is 16.5. The molecule has 0 bridgehead atoms. The number of benzene rings is 2. The van der Waals surface area contributed by atoms with Gasteiger partial charge >= 0.3 is 0 Å². The molecule has 0 aromatic heterocycles. The smallest absolute Gasteiger partial charge is 0.195 e. The highest BCUT2D eigenvalue weighted by molar-refractivity contribution is 5.93. The van der Waals surface area contributed by atoms with Crippen molar-refractivity contribution in [3.63, 3.8) is 0 Å². The van der Waals surface area contributed by atoms with Gasteiger partial charge in [0, 0.05) is 30.9 Å². The number of nitrogens with zero attached hydrogens (tertiary/aromatic N) is 1. The summed E-state index contributed by atoms with van der Waals surface area (Å²) in [6.07, 6.45) is 2.56. The Bertz CT molecular complexity index is 803. The molecule has 2 N–H and O–H groups in total. The highest BCUT2D eigenvalue weighted by Crippen LogP contribution is 2.31. The molecule has 150 valence electrons. The molecule has 0 heterocycles. The first-order valence-corrected chi connectivity index (χ1v) is 9.72. The number of aliphatic imine (C=N–C) groups is 1. The average molecular weight is 383 g/mol. The molecule has 6 heteroatoms. The largest absolute Gasteiger partial charge is 0.493 e. The second kappa shape index (κ2) is 9.88. The normalized spacial score (nSPS) is 13.8. The third-order valence-corrected chi connectivity index (χ3v) is 4.54. The van der Waals surface area contributed by atoms with E-state index in [4.69, 9.17) is 14.2 Å². The number of ether oxygens (including phenoxy) is 3. The molecule has 2 aromatic rings. The second-order valence-corrected chi connectivity index (χ2v) is 6.71. The summed E-state index contributed by atoms with van der Waals surface area (Å²) in [5.74, 6) is 3.73. The van der Waals surface area contributed by atoms with Gasteiger partial charge in [-0.15, -0.1) is 0 Å². The van der Waals surface area contributed by atoms with Gasteiger partial charge in [-0.2, -0.15) is 0 Å². The maximum Gasteiger partial charge on any atom is 0.195 e. The van der Waals surface area contributed by atoms with Crippen LogP contribution in [0.5, 0.6) is 17.2 Å². The zero-order valence-electron chi connectivity index (χ0n) is 16.8. The van der Waals surface area contributed by atoms with Crippen LogP contribution in [0.15, 0.2) is 47.5 Å². The zero-order valence-corrected chi connectivity index (χ0v) is 16.8. The number of hydrogen-bond donors (Lipinski definition) is 2. The van der Waals surface area contributed by atoms with Crippen LogP contribution in [0.2, 0.25) is 0 Å². The molecule has 0 atom stereocenters. The van der Waals surface area contributed by atoms with E-state index in [-0.39, 0.29) is 0 Å². The monoisotopic (exact) mass is 383 g/mol. The summed E-state index contributed by atoms with van der Waals surface area (Å²) in [5.41, 5.74) is 1.98. The van der Waals surface area contributed by atoms with Crippen molar-refractivity contribution < 1.29 is 14.2 Å². The predicted octanol–water partition coefficient (Wildman–Crippen LogP) is 4.07. The summed E-state index contributed by atoms with van der Waals surface area (Å²) < 4.78 is 17.0. The quantitative estimate of drug-likeness (QED) is 0.505. The number of rotatable bonds is 9. The van der Waals surface area contributed by atoms with Gasteiger partial charge in [-0.1, -0.05) is 18.2 Å². The fraction of sp³-hybridized carbons (Fsp3) is 0.409. The minimum Gasteiger partial charge on any atom is -0.493 e. The fourth-order valence-electron chi connectivity index (χ4n) is 2.80. The van der Waals surface area contributed by atoms with Gasteiger partial charge in [0.15, 0.2) is 17.5 Å². The van der Waals surface area contributed by atoms with Crippen molar-refractivity contribution in [1.29, 1.82) is 0 Å². The van der Waals surface area contributed by atoms with Crippen LogP contribution in [0.4, 0.5) is 5.69 Å². The van der Waals surface area contributed by atoms with Crippen molar-refractivity contribution in [2.24, 2.45) is 10.9 Å². The molecule has 0 radical (unpaired) electrons. The Kier molecular flexibility index (Phi) is 7.00. The molecular weight excluding hydrogens is 354 g/mol. The summed E-state index contributed by atoms with van der Waals surface area (Å²) in [4.78, 5) is 4.31. The van der Waals surface area contributed by atoms with Crippen molar-refractivity contribution in [2.45, 2.75) is 26.3 Å². The third kappa shape index (κ3) is 5.55. The summed E-state index contributed by atoms with van der Waals surface area (Å²) in [6.45, 7) is 3.94. The SMILES string of the molecule is CCOc1cc(NC(=NC)NCc2ccccc2OCC2CC2)ccc1OC. The van der Waals surface area contributed by atoms with Gasteiger partial charge < -0.3 is 24.8 Å². The van der Waals surface area contributed by atoms with Crippen LogP contribution in [0, 0.1) is 5.92 Å². The van der Waals surface area contributed by atoms with E-state index in [2.05, 4.69) is 21.7 Å². The molecule has 0 amide bonds. The Hall–Kier alpha value is -2.89. The third-order valence-electron chi connectivity index (χ3n) is 4.54. The molecule has 28 heavy (non-hydrogen) atoms. The predicted molar refractivity (Wildman–Crippen MR) is 113 cm³/mol. The van der Waals surface area contributed by atoms with Crippen molar-refractivity contribution >= 4 is 11.6 Å². The van der Waals surface area contributed by atoms with E-state index in [9.17, 15) is 0 Å². The number of guanidine groups is 1. The van der Waals surface area contributed by atoms with E-state index >= 15 is 0 Å². The van der Waals surface area contributed by atoms with Crippen molar-refractivity contribution in [3.8, 4) is 17.2 Å². The van der Waals surface area contributed by atoms with E-state index in [1.807, 2.05) is 43.3 Å². The van der Waals surface area contributed by atoms with E-state index in [1.165, 1.54) is 12.8 Å². The molecule has 0 unspecified atom stereocenters. The van der Waals surface area contributed by atoms with E-state index < -0.39 is 0 Å². The van der Waals surface area contributed by atoms with Crippen LogP contribution in [0.3, 0.4) is 0 Å². The summed E-state index contributed by atoms with van der Waals surface area (Å²) >= 11 is 0. The summed E-state index contributed by atoms with van der Waals surface area (Å²) in [5, 5.41) is 6.64. The Morgan fingerprint density at radius 2 is 1.89 bits per heavy atom. The van der Waals surface area contributed by atoms with Gasteiger partial charge in [-0.05, 0) is 43.9 Å². The summed E-state index contributed by atoms with van der Waals surface area (Å²) in [7, 11) is 3.38. The Morgan fingerprint density at radius 1 is 1.07 bits per heavy atom. The van der Waals surface area contributed by atoms with Gasteiger partial charge in [-0.3, -0.25) is 4.99 Å². The van der Waals surface area contributed by atoms with Crippen LogP contribution in [-0.2, 0) is 6.54 Å². The topological polar surface area (TPSA) is 64.1 Å². The lowest BCUT2D eigenvalue weighted by atomic mass is 10.2. The molecule has 1 saturated carbocycles.